The molecule has 0 aliphatic heterocycles. The predicted octanol–water partition coefficient (Wildman–Crippen LogP) is 3.32. The summed E-state index contributed by atoms with van der Waals surface area (Å²) in [5.41, 5.74) is 0.481. The molecule has 2 atom stereocenters. The number of allylic oxidation sites excluding steroid dienone is 2. The number of hydrogen-bond acceptors (Lipinski definition) is 4. The highest BCUT2D eigenvalue weighted by Gasteiger charge is 2.47. The number of benzene rings is 2. The number of carboxylic acids is 2. The topological polar surface area (TPSA) is 115 Å². The summed E-state index contributed by atoms with van der Waals surface area (Å²) in [6.07, 6.45) is 6.48. The Bertz CT molecular complexity index is 762. The van der Waals surface area contributed by atoms with Gasteiger partial charge in [-0.15, -0.1) is 0 Å². The van der Waals surface area contributed by atoms with E-state index in [1.165, 1.54) is 0 Å². The van der Waals surface area contributed by atoms with Crippen LogP contribution in [0.3, 0.4) is 0 Å². The fourth-order valence-corrected chi connectivity index (χ4v) is 3.63. The highest BCUT2D eigenvalue weighted by molar-refractivity contribution is 5.87. The molecule has 2 aromatic rings. The molecule has 1 fully saturated rings. The fraction of sp³-hybridized carbons (Fsp3) is 0.304. The Morgan fingerprint density at radius 3 is 1.45 bits per heavy atom. The zero-order chi connectivity index (χ0) is 21.3. The highest BCUT2D eigenvalue weighted by Crippen LogP contribution is 2.51. The summed E-state index contributed by atoms with van der Waals surface area (Å²) in [6.45, 7) is 0.268. The van der Waals surface area contributed by atoms with Crippen LogP contribution in [0.2, 0.25) is 0 Å². The highest BCUT2D eigenvalue weighted by atomic mass is 16.4. The first-order valence-electron chi connectivity index (χ1n) is 9.38. The van der Waals surface area contributed by atoms with Gasteiger partial charge >= 0.3 is 11.9 Å². The van der Waals surface area contributed by atoms with E-state index in [0.29, 0.717) is 23.0 Å². The maximum Gasteiger partial charge on any atom is 0.335 e. The van der Waals surface area contributed by atoms with Crippen LogP contribution in [0.5, 0.6) is 0 Å². The van der Waals surface area contributed by atoms with Gasteiger partial charge < -0.3 is 20.4 Å². The Morgan fingerprint density at radius 2 is 1.24 bits per heavy atom. The molecule has 29 heavy (non-hydrogen) atoms. The van der Waals surface area contributed by atoms with Crippen molar-refractivity contribution in [3.63, 3.8) is 0 Å². The van der Waals surface area contributed by atoms with Crippen LogP contribution in [0.1, 0.15) is 33.6 Å². The van der Waals surface area contributed by atoms with Gasteiger partial charge in [-0.25, -0.2) is 9.59 Å². The van der Waals surface area contributed by atoms with Gasteiger partial charge in [0.2, 0.25) is 0 Å². The molecule has 2 aromatic carbocycles. The minimum Gasteiger partial charge on any atom is -0.478 e. The summed E-state index contributed by atoms with van der Waals surface area (Å²) in [4.78, 5) is 20.4. The molecular weight excluding hydrogens is 372 g/mol. The lowest BCUT2D eigenvalue weighted by atomic mass is 9.77. The lowest BCUT2D eigenvalue weighted by Gasteiger charge is -2.31. The Morgan fingerprint density at radius 1 is 0.793 bits per heavy atom. The molecule has 0 radical (unpaired) electrons. The average molecular weight is 398 g/mol. The molecule has 2 unspecified atom stereocenters. The molecule has 6 nitrogen and oxygen atoms in total. The van der Waals surface area contributed by atoms with E-state index >= 15 is 0 Å². The van der Waals surface area contributed by atoms with Gasteiger partial charge in [0.05, 0.1) is 24.3 Å². The minimum atomic E-state index is -0.879. The molecule has 0 spiro atoms. The van der Waals surface area contributed by atoms with Crippen molar-refractivity contribution in [1.82, 2.24) is 0 Å². The van der Waals surface area contributed by atoms with Gasteiger partial charge in [0.25, 0.3) is 0 Å². The van der Waals surface area contributed by atoms with E-state index in [0.717, 1.165) is 12.8 Å². The van der Waals surface area contributed by atoms with Gasteiger partial charge in [0.1, 0.15) is 0 Å². The van der Waals surface area contributed by atoms with E-state index in [1.54, 1.807) is 60.7 Å². The van der Waals surface area contributed by atoms with Crippen LogP contribution in [-0.2, 0) is 0 Å². The van der Waals surface area contributed by atoms with Crippen molar-refractivity contribution in [3.8, 4) is 0 Å². The minimum absolute atomic E-state index is 0.134. The Kier molecular flexibility index (Phi) is 8.12. The molecule has 0 amide bonds. The summed E-state index contributed by atoms with van der Waals surface area (Å²) in [5.74, 6) is -0.701. The Labute approximate surface area is 169 Å². The third kappa shape index (κ3) is 6.01. The molecule has 2 aliphatic rings. The van der Waals surface area contributed by atoms with Crippen molar-refractivity contribution in [2.75, 3.05) is 13.2 Å². The van der Waals surface area contributed by atoms with Gasteiger partial charge in [-0.3, -0.25) is 0 Å². The number of carbonyl (C=O) groups is 2. The largest absolute Gasteiger partial charge is 0.478 e. The van der Waals surface area contributed by atoms with E-state index in [9.17, 15) is 9.59 Å². The van der Waals surface area contributed by atoms with E-state index < -0.39 is 11.9 Å². The van der Waals surface area contributed by atoms with Gasteiger partial charge in [-0.2, -0.15) is 0 Å². The second-order valence-electron chi connectivity index (χ2n) is 7.21. The van der Waals surface area contributed by atoms with E-state index in [4.69, 9.17) is 20.4 Å². The van der Waals surface area contributed by atoms with Gasteiger partial charge in [-0.1, -0.05) is 48.6 Å². The smallest absolute Gasteiger partial charge is 0.335 e. The van der Waals surface area contributed by atoms with E-state index in [2.05, 4.69) is 12.2 Å². The second kappa shape index (κ2) is 10.5. The number of aromatic carboxylic acids is 2. The van der Waals surface area contributed by atoms with Crippen LogP contribution in [0.25, 0.3) is 0 Å². The van der Waals surface area contributed by atoms with Crippen molar-refractivity contribution in [1.29, 1.82) is 0 Å². The van der Waals surface area contributed by atoms with Crippen LogP contribution in [0.4, 0.5) is 0 Å². The van der Waals surface area contributed by atoms with Crippen molar-refractivity contribution in [3.05, 3.63) is 83.9 Å². The summed E-state index contributed by atoms with van der Waals surface area (Å²) >= 11 is 0. The molecule has 1 saturated carbocycles. The maximum absolute atomic E-state index is 10.2. The van der Waals surface area contributed by atoms with Crippen molar-refractivity contribution in [2.45, 2.75) is 12.8 Å². The monoisotopic (exact) mass is 398 g/mol. The first-order valence-corrected chi connectivity index (χ1v) is 9.38. The molecule has 4 rings (SSSR count). The summed E-state index contributed by atoms with van der Waals surface area (Å²) in [7, 11) is 0. The normalized spacial score (nSPS) is 20.1. The molecule has 0 heterocycles. The van der Waals surface area contributed by atoms with Gasteiger partial charge in [-0.05, 0) is 48.9 Å². The molecule has 0 saturated heterocycles. The second-order valence-corrected chi connectivity index (χ2v) is 7.21. The van der Waals surface area contributed by atoms with Crippen LogP contribution in [0.15, 0.2) is 72.8 Å². The lowest BCUT2D eigenvalue weighted by molar-refractivity contribution is 0.0335. The maximum atomic E-state index is 10.2. The fourth-order valence-electron chi connectivity index (χ4n) is 3.63. The zero-order valence-corrected chi connectivity index (χ0v) is 16.0. The zero-order valence-electron chi connectivity index (χ0n) is 16.0. The molecule has 154 valence electrons. The summed E-state index contributed by atoms with van der Waals surface area (Å²) < 4.78 is 0. The third-order valence-electron chi connectivity index (χ3n) is 5.30. The molecular formula is C23H26O6. The molecule has 2 bridgehead atoms. The van der Waals surface area contributed by atoms with Gasteiger partial charge in [0, 0.05) is 5.41 Å². The third-order valence-corrected chi connectivity index (χ3v) is 5.30. The molecule has 6 heteroatoms. The number of rotatable bonds is 4. The number of aliphatic hydroxyl groups excluding tert-OH is 2. The van der Waals surface area contributed by atoms with E-state index in [-0.39, 0.29) is 18.6 Å². The van der Waals surface area contributed by atoms with Crippen molar-refractivity contribution >= 4 is 11.9 Å². The molecule has 2 aliphatic carbocycles. The van der Waals surface area contributed by atoms with Crippen LogP contribution < -0.4 is 0 Å². The molecule has 4 N–H and O–H groups in total. The SMILES string of the molecule is O=C(O)c1ccccc1.O=C(O)c1ccccc1.OCC1(CO)CC2C=CC1C2. The molecule has 0 aromatic heterocycles. The number of fused-ring (bicyclic) bond motifs is 2. The first kappa shape index (κ1) is 22.3. The summed E-state index contributed by atoms with van der Waals surface area (Å²) in [6, 6.07) is 16.6. The van der Waals surface area contributed by atoms with Crippen molar-refractivity contribution < 1.29 is 30.0 Å². The predicted molar refractivity (Wildman–Crippen MR) is 109 cm³/mol. The quantitative estimate of drug-likeness (QED) is 0.587. The van der Waals surface area contributed by atoms with E-state index in [1.807, 2.05) is 0 Å². The Balaban J connectivity index is 0.000000157. The summed E-state index contributed by atoms with van der Waals surface area (Å²) in [5, 5.41) is 35.1. The Hall–Kier alpha value is -2.96. The van der Waals surface area contributed by atoms with Crippen LogP contribution >= 0.6 is 0 Å². The first-order chi connectivity index (χ1) is 13.9. The standard InChI is InChI=1S/C9H14O2.2C7H6O2/c10-5-9(6-11)4-7-1-2-8(9)3-7;2*8-7(9)6-4-2-1-3-5-6/h1-2,7-8,10-11H,3-6H2;2*1-5H,(H,8,9). The van der Waals surface area contributed by atoms with Crippen LogP contribution in [0, 0.1) is 17.3 Å². The van der Waals surface area contributed by atoms with Crippen molar-refractivity contribution in [2.24, 2.45) is 17.3 Å². The van der Waals surface area contributed by atoms with Gasteiger partial charge in [0.15, 0.2) is 0 Å². The van der Waals surface area contributed by atoms with Crippen LogP contribution in [-0.4, -0.2) is 45.6 Å². The lowest BCUT2D eigenvalue weighted by Crippen LogP contribution is -2.33. The number of hydrogen-bond donors (Lipinski definition) is 4. The average Bonchev–Trinajstić information content (AvgIpc) is 3.37. The number of aliphatic hydroxyl groups is 2. The number of carboxylic acid groups (broad SMARTS) is 2.